The lowest BCUT2D eigenvalue weighted by atomic mass is 10.1. The lowest BCUT2D eigenvalue weighted by Crippen LogP contribution is -1.97. The number of carboxylic acids is 1. The van der Waals surface area contributed by atoms with Gasteiger partial charge in [0, 0.05) is 17.6 Å². The maximum Gasteiger partial charge on any atom is 0.303 e. The van der Waals surface area contributed by atoms with Crippen molar-refractivity contribution in [1.82, 2.24) is 9.78 Å². The second-order valence-corrected chi connectivity index (χ2v) is 4.49. The molecule has 0 saturated carbocycles. The van der Waals surface area contributed by atoms with E-state index < -0.39 is 5.97 Å². The third-order valence-corrected chi connectivity index (χ3v) is 2.92. The van der Waals surface area contributed by atoms with Crippen molar-refractivity contribution in [3.8, 4) is 5.69 Å². The molecule has 0 amide bonds. The molecule has 18 heavy (non-hydrogen) atoms. The minimum Gasteiger partial charge on any atom is -0.481 e. The summed E-state index contributed by atoms with van der Waals surface area (Å²) in [6.07, 6.45) is 2.45. The molecule has 94 valence electrons. The minimum absolute atomic E-state index is 0.113. The maximum atomic E-state index is 10.6. The number of aromatic nitrogens is 2. The number of carboxylic acid groups (broad SMARTS) is 1. The fourth-order valence-electron chi connectivity index (χ4n) is 1.73. The third-order valence-electron chi connectivity index (χ3n) is 2.68. The smallest absolute Gasteiger partial charge is 0.303 e. The Morgan fingerprint density at radius 3 is 2.94 bits per heavy atom. The van der Waals surface area contributed by atoms with Crippen LogP contribution in [0.1, 0.15) is 17.7 Å². The van der Waals surface area contributed by atoms with Crippen molar-refractivity contribution in [1.29, 1.82) is 0 Å². The van der Waals surface area contributed by atoms with Gasteiger partial charge in [-0.1, -0.05) is 17.7 Å². The summed E-state index contributed by atoms with van der Waals surface area (Å²) >= 11 is 5.93. The van der Waals surface area contributed by atoms with Gasteiger partial charge in [0.25, 0.3) is 0 Å². The van der Waals surface area contributed by atoms with Gasteiger partial charge in [-0.05, 0) is 37.1 Å². The Balaban J connectivity index is 2.25. The Hall–Kier alpha value is -1.81. The first kappa shape index (κ1) is 12.6. The van der Waals surface area contributed by atoms with Gasteiger partial charge in [0.05, 0.1) is 11.4 Å². The molecule has 0 saturated heterocycles. The average Bonchev–Trinajstić information content (AvgIpc) is 2.68. The number of hydrogen-bond donors (Lipinski definition) is 1. The topological polar surface area (TPSA) is 55.1 Å². The van der Waals surface area contributed by atoms with Gasteiger partial charge in [-0.15, -0.1) is 0 Å². The van der Waals surface area contributed by atoms with Crippen LogP contribution in [-0.2, 0) is 11.2 Å². The van der Waals surface area contributed by atoms with Gasteiger partial charge >= 0.3 is 5.97 Å². The van der Waals surface area contributed by atoms with E-state index in [2.05, 4.69) is 5.10 Å². The number of halogens is 1. The normalized spacial score (nSPS) is 10.6. The highest BCUT2D eigenvalue weighted by molar-refractivity contribution is 6.30. The highest BCUT2D eigenvalue weighted by atomic mass is 35.5. The summed E-state index contributed by atoms with van der Waals surface area (Å²) in [5, 5.41) is 13.7. The van der Waals surface area contributed by atoms with Crippen LogP contribution in [0.25, 0.3) is 5.69 Å². The molecule has 0 aliphatic carbocycles. The van der Waals surface area contributed by atoms with E-state index in [4.69, 9.17) is 16.7 Å². The van der Waals surface area contributed by atoms with Crippen LogP contribution in [0.3, 0.4) is 0 Å². The first-order chi connectivity index (χ1) is 8.56. The van der Waals surface area contributed by atoms with Gasteiger partial charge in [-0.3, -0.25) is 4.79 Å². The molecule has 1 heterocycles. The summed E-state index contributed by atoms with van der Waals surface area (Å²) in [5.41, 5.74) is 2.65. The second kappa shape index (κ2) is 5.23. The van der Waals surface area contributed by atoms with E-state index >= 15 is 0 Å². The van der Waals surface area contributed by atoms with Crippen LogP contribution < -0.4 is 0 Å². The lowest BCUT2D eigenvalue weighted by Gasteiger charge is -2.00. The molecule has 0 spiro atoms. The molecule has 0 unspecified atom stereocenters. The van der Waals surface area contributed by atoms with Gasteiger partial charge in [-0.25, -0.2) is 4.68 Å². The summed E-state index contributed by atoms with van der Waals surface area (Å²) in [4.78, 5) is 10.6. The summed E-state index contributed by atoms with van der Waals surface area (Å²) in [7, 11) is 0. The fraction of sp³-hybridized carbons (Fsp3) is 0.231. The molecular formula is C13H13ClN2O2. The zero-order valence-corrected chi connectivity index (χ0v) is 10.7. The highest BCUT2D eigenvalue weighted by Gasteiger charge is 2.08. The molecule has 1 N–H and O–H groups in total. The van der Waals surface area contributed by atoms with Gasteiger partial charge < -0.3 is 5.11 Å². The van der Waals surface area contributed by atoms with Crippen LogP contribution in [0.5, 0.6) is 0 Å². The Kier molecular flexibility index (Phi) is 3.67. The van der Waals surface area contributed by atoms with Crippen LogP contribution >= 0.6 is 11.6 Å². The summed E-state index contributed by atoms with van der Waals surface area (Å²) < 4.78 is 1.72. The van der Waals surface area contributed by atoms with E-state index in [1.807, 2.05) is 31.3 Å². The summed E-state index contributed by atoms with van der Waals surface area (Å²) in [6, 6.07) is 7.37. The van der Waals surface area contributed by atoms with Gasteiger partial charge in [0.15, 0.2) is 0 Å². The number of hydrogen-bond acceptors (Lipinski definition) is 2. The quantitative estimate of drug-likeness (QED) is 0.924. The molecule has 0 fully saturated rings. The van der Waals surface area contributed by atoms with E-state index in [0.29, 0.717) is 11.4 Å². The van der Waals surface area contributed by atoms with Gasteiger partial charge in [0.2, 0.25) is 0 Å². The van der Waals surface area contributed by atoms with Crippen LogP contribution in [-0.4, -0.2) is 20.9 Å². The Labute approximate surface area is 110 Å². The fourth-order valence-corrected chi connectivity index (χ4v) is 1.92. The maximum absolute atomic E-state index is 10.6. The van der Waals surface area contributed by atoms with Gasteiger partial charge in [0.1, 0.15) is 0 Å². The number of nitrogens with zero attached hydrogens (tertiary/aromatic N) is 2. The molecule has 1 aromatic heterocycles. The number of aryl methyl sites for hydroxylation is 2. The van der Waals surface area contributed by atoms with E-state index in [9.17, 15) is 4.79 Å². The molecule has 0 aliphatic rings. The first-order valence-corrected chi connectivity index (χ1v) is 5.97. The average molecular weight is 265 g/mol. The predicted molar refractivity (Wildman–Crippen MR) is 69.3 cm³/mol. The van der Waals surface area contributed by atoms with Crippen molar-refractivity contribution in [2.24, 2.45) is 0 Å². The van der Waals surface area contributed by atoms with Crippen LogP contribution in [0, 0.1) is 6.92 Å². The SMILES string of the molecule is Cc1nn(-c2cccc(Cl)c2)cc1CCC(=O)O. The van der Waals surface area contributed by atoms with Crippen molar-refractivity contribution in [3.63, 3.8) is 0 Å². The zero-order chi connectivity index (χ0) is 13.1. The largest absolute Gasteiger partial charge is 0.481 e. The Morgan fingerprint density at radius 1 is 1.50 bits per heavy atom. The highest BCUT2D eigenvalue weighted by Crippen LogP contribution is 2.17. The van der Waals surface area contributed by atoms with Crippen LogP contribution in [0.15, 0.2) is 30.5 Å². The molecular weight excluding hydrogens is 252 g/mol. The third kappa shape index (κ3) is 2.90. The molecule has 4 nitrogen and oxygen atoms in total. The minimum atomic E-state index is -0.801. The van der Waals surface area contributed by atoms with E-state index in [1.54, 1.807) is 10.7 Å². The van der Waals surface area contributed by atoms with E-state index in [-0.39, 0.29) is 6.42 Å². The Morgan fingerprint density at radius 2 is 2.28 bits per heavy atom. The summed E-state index contributed by atoms with van der Waals surface area (Å²) in [6.45, 7) is 1.87. The Bertz CT molecular complexity index is 578. The van der Waals surface area contributed by atoms with E-state index in [0.717, 1.165) is 16.9 Å². The predicted octanol–water partition coefficient (Wildman–Crippen LogP) is 2.85. The zero-order valence-electron chi connectivity index (χ0n) is 9.93. The molecule has 1 aromatic carbocycles. The van der Waals surface area contributed by atoms with Crippen molar-refractivity contribution in [2.45, 2.75) is 19.8 Å². The molecule has 2 rings (SSSR count). The van der Waals surface area contributed by atoms with Crippen molar-refractivity contribution in [3.05, 3.63) is 46.7 Å². The van der Waals surface area contributed by atoms with Crippen LogP contribution in [0.4, 0.5) is 0 Å². The second-order valence-electron chi connectivity index (χ2n) is 4.06. The van der Waals surface area contributed by atoms with Crippen LogP contribution in [0.2, 0.25) is 5.02 Å². The number of benzene rings is 1. The lowest BCUT2D eigenvalue weighted by molar-refractivity contribution is -0.136. The van der Waals surface area contributed by atoms with Crippen molar-refractivity contribution >= 4 is 17.6 Å². The number of aliphatic carboxylic acids is 1. The number of rotatable bonds is 4. The summed E-state index contributed by atoms with van der Waals surface area (Å²) in [5.74, 6) is -0.801. The van der Waals surface area contributed by atoms with Gasteiger partial charge in [-0.2, -0.15) is 5.10 Å². The molecule has 2 aromatic rings. The molecule has 0 aliphatic heterocycles. The van der Waals surface area contributed by atoms with E-state index in [1.165, 1.54) is 0 Å². The molecule has 0 bridgehead atoms. The number of carbonyl (C=O) groups is 1. The standard InChI is InChI=1S/C13H13ClN2O2/c1-9-10(5-6-13(17)18)8-16(15-9)12-4-2-3-11(14)7-12/h2-4,7-8H,5-6H2,1H3,(H,17,18). The first-order valence-electron chi connectivity index (χ1n) is 5.59. The molecule has 0 atom stereocenters. The van der Waals surface area contributed by atoms with Crippen molar-refractivity contribution < 1.29 is 9.90 Å². The monoisotopic (exact) mass is 264 g/mol. The molecule has 0 radical (unpaired) electrons. The van der Waals surface area contributed by atoms with Crippen molar-refractivity contribution in [2.75, 3.05) is 0 Å². The molecule has 5 heteroatoms.